The van der Waals surface area contributed by atoms with Crippen molar-refractivity contribution in [3.63, 3.8) is 0 Å². The molecule has 15 heteroatoms. The van der Waals surface area contributed by atoms with Gasteiger partial charge in [-0.2, -0.15) is 0 Å². The van der Waals surface area contributed by atoms with Gasteiger partial charge in [-0.25, -0.2) is 14.6 Å². The lowest BCUT2D eigenvalue weighted by molar-refractivity contribution is -0.139. The van der Waals surface area contributed by atoms with Gasteiger partial charge >= 0.3 is 12.2 Å². The lowest BCUT2D eigenvalue weighted by atomic mass is 9.85. The number of methoxy groups -OCH3 is 2. The van der Waals surface area contributed by atoms with Crippen molar-refractivity contribution in [1.29, 1.82) is 0 Å². The number of amides is 4. The molecule has 8 atom stereocenters. The van der Waals surface area contributed by atoms with E-state index < -0.39 is 24.3 Å². The number of aromatic amines is 1. The Morgan fingerprint density at radius 3 is 2.22 bits per heavy atom. The number of carbonyl (C=O) groups excluding carboxylic acids is 4. The van der Waals surface area contributed by atoms with Crippen LogP contribution in [0.25, 0.3) is 33.2 Å². The lowest BCUT2D eigenvalue weighted by Gasteiger charge is -2.39. The fraction of sp³-hybridized carbons (Fsp3) is 0.520. The van der Waals surface area contributed by atoms with Crippen LogP contribution in [-0.4, -0.2) is 106 Å². The van der Waals surface area contributed by atoms with E-state index in [0.29, 0.717) is 31.7 Å². The summed E-state index contributed by atoms with van der Waals surface area (Å²) in [6.07, 6.45) is 5.72. The van der Waals surface area contributed by atoms with Gasteiger partial charge in [0.15, 0.2) is 0 Å². The molecule has 9 rings (SSSR count). The predicted octanol–water partition coefficient (Wildman–Crippen LogP) is 8.16. The van der Waals surface area contributed by atoms with Crippen LogP contribution in [0.5, 0.6) is 5.75 Å². The Bertz CT molecular complexity index is 2540. The fourth-order valence-electron chi connectivity index (χ4n) is 11.2. The SMILES string of the molecule is COC(=O)NC(C(=O)N1[C@@H](C)CC[C@H]1C1=Nc2ccc3cc4c(cc3c2C1)OCc1cc(-c2cnc([C@@H]3CC[C@H](C)N3C(=O)[C@@H](NC(=O)OC)C(C)C)[nH]2)ccc1-4)C1C[C@@H](C)O[C@H](C)C1. The van der Waals surface area contributed by atoms with Gasteiger partial charge in [0.05, 0.1) is 56.1 Å². The van der Waals surface area contributed by atoms with Crippen molar-refractivity contribution < 1.29 is 38.1 Å². The van der Waals surface area contributed by atoms with Crippen molar-refractivity contribution in [3.8, 4) is 28.1 Å². The zero-order valence-electron chi connectivity index (χ0n) is 38.6. The third kappa shape index (κ3) is 8.32. The van der Waals surface area contributed by atoms with Gasteiger partial charge in [0.25, 0.3) is 0 Å². The third-order valence-corrected chi connectivity index (χ3v) is 14.4. The molecule has 0 bridgehead atoms. The number of aliphatic imine (C=N–C) groups is 1. The van der Waals surface area contributed by atoms with E-state index in [9.17, 15) is 19.2 Å². The van der Waals surface area contributed by atoms with Crippen LogP contribution in [0.2, 0.25) is 0 Å². The van der Waals surface area contributed by atoms with Gasteiger partial charge in [0.1, 0.15) is 30.3 Å². The van der Waals surface area contributed by atoms with E-state index in [4.69, 9.17) is 28.9 Å². The Morgan fingerprint density at radius 2 is 1.51 bits per heavy atom. The molecule has 344 valence electrons. The predicted molar refractivity (Wildman–Crippen MR) is 246 cm³/mol. The molecular weight excluding hydrogens is 827 g/mol. The van der Waals surface area contributed by atoms with Crippen LogP contribution in [0.4, 0.5) is 15.3 Å². The highest BCUT2D eigenvalue weighted by molar-refractivity contribution is 6.06. The van der Waals surface area contributed by atoms with Crippen molar-refractivity contribution >= 4 is 46.2 Å². The number of aromatic nitrogens is 2. The minimum absolute atomic E-state index is 0.0124. The molecule has 3 fully saturated rings. The topological polar surface area (TPSA) is 177 Å². The average molecular weight is 888 g/mol. The Kier molecular flexibility index (Phi) is 12.1. The molecule has 15 nitrogen and oxygen atoms in total. The molecule has 5 aliphatic heterocycles. The molecule has 3 N–H and O–H groups in total. The molecule has 65 heavy (non-hydrogen) atoms. The average Bonchev–Trinajstić information content (AvgIpc) is 4.11. The number of H-pyrrole nitrogens is 1. The van der Waals surface area contributed by atoms with Crippen LogP contribution < -0.4 is 15.4 Å². The smallest absolute Gasteiger partial charge is 0.407 e. The highest BCUT2D eigenvalue weighted by atomic mass is 16.5. The van der Waals surface area contributed by atoms with Crippen LogP contribution in [0.3, 0.4) is 0 Å². The van der Waals surface area contributed by atoms with Crippen LogP contribution in [0, 0.1) is 11.8 Å². The summed E-state index contributed by atoms with van der Waals surface area (Å²) in [7, 11) is 2.62. The van der Waals surface area contributed by atoms with Crippen molar-refractivity contribution in [3.05, 3.63) is 65.6 Å². The standard InChI is InChI=1S/C50H61N7O8/c1-25(2)44(54-49(60)62-7)47(58)57-27(4)10-16-42(57)46-51-23-40(53-46)31-11-13-34-33(19-31)24-64-43-22-35-30(20-37(34)43)12-14-38-36(35)21-39(52-38)41-15-9-26(3)56(41)48(59)45(55-50(61)63-8)32-17-28(5)65-29(6)18-32/h11-14,19-20,22-23,25-29,32,41-42,44-45H,9-10,15-18,21,24H2,1-8H3,(H,51,53)(H,54,60)(H,55,61)/t26-,27-,28+,29+,41-,42-,44-,45?/m0/s1. The highest BCUT2D eigenvalue weighted by Gasteiger charge is 2.46. The minimum Gasteiger partial charge on any atom is -0.488 e. The fourth-order valence-corrected chi connectivity index (χ4v) is 11.2. The highest BCUT2D eigenvalue weighted by Crippen LogP contribution is 2.45. The molecule has 3 aromatic carbocycles. The number of carbonyl (C=O) groups is 4. The number of nitrogens with zero attached hydrogens (tertiary/aromatic N) is 4. The number of hydrogen-bond acceptors (Lipinski definition) is 10. The molecule has 5 aliphatic rings. The van der Waals surface area contributed by atoms with E-state index >= 15 is 0 Å². The number of alkyl carbamates (subject to hydrolysis) is 2. The molecule has 0 saturated carbocycles. The second-order valence-electron chi connectivity index (χ2n) is 19.1. The first-order chi connectivity index (χ1) is 31.2. The van der Waals surface area contributed by atoms with Gasteiger partial charge in [-0.15, -0.1) is 0 Å². The molecule has 1 unspecified atom stereocenters. The van der Waals surface area contributed by atoms with Gasteiger partial charge in [-0.3, -0.25) is 14.6 Å². The van der Waals surface area contributed by atoms with Crippen molar-refractivity contribution in [1.82, 2.24) is 30.4 Å². The second kappa shape index (κ2) is 17.8. The normalized spacial score (nSPS) is 25.6. The van der Waals surface area contributed by atoms with Gasteiger partial charge in [-0.1, -0.05) is 32.0 Å². The van der Waals surface area contributed by atoms with Gasteiger partial charge < -0.3 is 44.4 Å². The van der Waals surface area contributed by atoms with Gasteiger partial charge in [0.2, 0.25) is 11.8 Å². The summed E-state index contributed by atoms with van der Waals surface area (Å²) < 4.78 is 22.3. The maximum Gasteiger partial charge on any atom is 0.407 e. The Hall–Kier alpha value is -5.96. The summed E-state index contributed by atoms with van der Waals surface area (Å²) in [5, 5.41) is 7.81. The summed E-state index contributed by atoms with van der Waals surface area (Å²) in [5.41, 5.74) is 7.99. The molecule has 4 amide bonds. The van der Waals surface area contributed by atoms with Crippen molar-refractivity contribution in [2.75, 3.05) is 14.2 Å². The number of hydrogen-bond donors (Lipinski definition) is 3. The summed E-state index contributed by atoms with van der Waals surface area (Å²) in [5.74, 6) is 1.07. The molecule has 3 saturated heterocycles. The Morgan fingerprint density at radius 1 is 0.815 bits per heavy atom. The summed E-state index contributed by atoms with van der Waals surface area (Å²) in [6, 6.07) is 13.0. The number of benzene rings is 3. The summed E-state index contributed by atoms with van der Waals surface area (Å²) in [4.78, 5) is 70.6. The zero-order valence-corrected chi connectivity index (χ0v) is 38.6. The number of imidazole rings is 1. The first kappa shape index (κ1) is 44.3. The first-order valence-corrected chi connectivity index (χ1v) is 23.2. The quantitative estimate of drug-likeness (QED) is 0.150. The number of likely N-dealkylation sites (tertiary alicyclic amines) is 2. The van der Waals surface area contributed by atoms with Crippen LogP contribution in [-0.2, 0) is 36.8 Å². The molecule has 1 aromatic heterocycles. The van der Waals surface area contributed by atoms with Crippen molar-refractivity contribution in [2.24, 2.45) is 16.8 Å². The summed E-state index contributed by atoms with van der Waals surface area (Å²) in [6.45, 7) is 12.4. The van der Waals surface area contributed by atoms with E-state index in [1.165, 1.54) is 14.2 Å². The molecular formula is C50H61N7O8. The van der Waals surface area contributed by atoms with E-state index in [0.717, 1.165) is 87.1 Å². The minimum atomic E-state index is -0.727. The first-order valence-electron chi connectivity index (χ1n) is 23.2. The second-order valence-corrected chi connectivity index (χ2v) is 19.1. The van der Waals surface area contributed by atoms with E-state index in [2.05, 4.69) is 65.0 Å². The van der Waals surface area contributed by atoms with Crippen LogP contribution >= 0.6 is 0 Å². The molecule has 6 heterocycles. The number of fused-ring (bicyclic) bond motifs is 6. The molecule has 0 aliphatic carbocycles. The molecule has 0 spiro atoms. The third-order valence-electron chi connectivity index (χ3n) is 14.4. The van der Waals surface area contributed by atoms with Crippen LogP contribution in [0.15, 0.2) is 53.7 Å². The Labute approximate surface area is 380 Å². The molecule has 0 radical (unpaired) electrons. The Balaban J connectivity index is 0.934. The summed E-state index contributed by atoms with van der Waals surface area (Å²) >= 11 is 0. The maximum atomic E-state index is 14.6. The zero-order chi connectivity index (χ0) is 45.8. The monoisotopic (exact) mass is 887 g/mol. The molecule has 4 aromatic rings. The number of ether oxygens (including phenoxy) is 4. The van der Waals surface area contributed by atoms with Gasteiger partial charge in [0, 0.05) is 29.8 Å². The maximum absolute atomic E-state index is 14.6. The van der Waals surface area contributed by atoms with Crippen molar-refractivity contribution in [2.45, 2.75) is 142 Å². The number of rotatable bonds is 9. The lowest BCUT2D eigenvalue weighted by Crippen LogP contribution is -2.57. The number of nitrogens with one attached hydrogen (secondary N) is 3. The van der Waals surface area contributed by atoms with E-state index in [-0.39, 0.29) is 60.0 Å². The van der Waals surface area contributed by atoms with E-state index in [1.54, 1.807) is 0 Å². The van der Waals surface area contributed by atoms with Crippen LogP contribution in [0.1, 0.15) is 103 Å². The van der Waals surface area contributed by atoms with Gasteiger partial charge in [-0.05, 0) is 135 Å². The van der Waals surface area contributed by atoms with E-state index in [1.807, 2.05) is 50.6 Å². The largest absolute Gasteiger partial charge is 0.488 e.